The number of pyridine rings is 1. The largest absolute Gasteiger partial charge is 0.478 e. The van der Waals surface area contributed by atoms with Gasteiger partial charge >= 0.3 is 5.97 Å². The molecule has 1 saturated heterocycles. The number of ether oxygens (including phenoxy) is 1. The minimum absolute atomic E-state index is 0.297. The molecule has 0 spiro atoms. The highest BCUT2D eigenvalue weighted by Crippen LogP contribution is 2.32. The van der Waals surface area contributed by atoms with Gasteiger partial charge in [0.05, 0.1) is 23.0 Å². The molecule has 1 aliphatic heterocycles. The number of anilines is 1. The van der Waals surface area contributed by atoms with Crippen molar-refractivity contribution >= 4 is 28.8 Å². The van der Waals surface area contributed by atoms with Gasteiger partial charge in [-0.1, -0.05) is 6.92 Å². The van der Waals surface area contributed by atoms with E-state index >= 15 is 0 Å². The smallest absolute Gasteiger partial charge is 0.328 e. The first-order chi connectivity index (χ1) is 12.1. The lowest BCUT2D eigenvalue weighted by atomic mass is 10.0. The van der Waals surface area contributed by atoms with Gasteiger partial charge in [-0.05, 0) is 32.3 Å². The predicted molar refractivity (Wildman–Crippen MR) is 96.7 cm³/mol. The van der Waals surface area contributed by atoms with Crippen molar-refractivity contribution in [3.05, 3.63) is 23.5 Å². The Morgan fingerprint density at radius 3 is 2.84 bits per heavy atom. The molecule has 1 fully saturated rings. The molecule has 0 bridgehead atoms. The summed E-state index contributed by atoms with van der Waals surface area (Å²) in [7, 11) is 0. The number of aromatic nitrogens is 3. The lowest BCUT2D eigenvalue weighted by Gasteiger charge is -2.26. The third kappa shape index (κ3) is 3.66. The maximum Gasteiger partial charge on any atom is 0.328 e. The van der Waals surface area contributed by atoms with Crippen molar-refractivity contribution in [3.8, 4) is 0 Å². The molecule has 3 heterocycles. The first-order valence-electron chi connectivity index (χ1n) is 8.77. The van der Waals surface area contributed by atoms with Crippen molar-refractivity contribution in [3.63, 3.8) is 0 Å². The molecule has 0 aliphatic carbocycles. The van der Waals surface area contributed by atoms with Crippen LogP contribution in [0.1, 0.15) is 37.9 Å². The van der Waals surface area contributed by atoms with Crippen LogP contribution in [-0.4, -0.2) is 45.1 Å². The standard InChI is InChI=1S/C18H24N4O3/c1-3-15-13(5-6-16(23)24)17(20-12-7-9-25-10-8-12)14-11-19-22(4-2)18(14)21-15/h5-6,11-12H,3-4,7-10H2,1-2H3,(H,20,21)(H,23,24)/b6-5+. The van der Waals surface area contributed by atoms with E-state index in [0.29, 0.717) is 12.5 Å². The predicted octanol–water partition coefficient (Wildman–Crippen LogP) is 2.70. The van der Waals surface area contributed by atoms with Crippen LogP contribution in [0.2, 0.25) is 0 Å². The van der Waals surface area contributed by atoms with Crippen LogP contribution in [0, 0.1) is 0 Å². The topological polar surface area (TPSA) is 89.3 Å². The number of aryl methyl sites for hydroxylation is 2. The first kappa shape index (κ1) is 17.4. The van der Waals surface area contributed by atoms with Crippen molar-refractivity contribution in [2.24, 2.45) is 0 Å². The molecule has 7 nitrogen and oxygen atoms in total. The highest BCUT2D eigenvalue weighted by Gasteiger charge is 2.20. The van der Waals surface area contributed by atoms with Crippen molar-refractivity contribution in [2.75, 3.05) is 18.5 Å². The van der Waals surface area contributed by atoms with Gasteiger partial charge in [-0.15, -0.1) is 0 Å². The lowest BCUT2D eigenvalue weighted by Crippen LogP contribution is -2.28. The minimum atomic E-state index is -0.969. The molecule has 0 atom stereocenters. The highest BCUT2D eigenvalue weighted by atomic mass is 16.5. The molecular formula is C18H24N4O3. The van der Waals surface area contributed by atoms with Gasteiger partial charge in [-0.2, -0.15) is 5.10 Å². The molecular weight excluding hydrogens is 320 g/mol. The number of nitrogens with one attached hydrogen (secondary N) is 1. The van der Waals surface area contributed by atoms with E-state index in [1.165, 1.54) is 6.08 Å². The Balaban J connectivity index is 2.14. The highest BCUT2D eigenvalue weighted by molar-refractivity contribution is 5.97. The summed E-state index contributed by atoms with van der Waals surface area (Å²) in [5, 5.41) is 18.0. The van der Waals surface area contributed by atoms with Crippen LogP contribution in [0.5, 0.6) is 0 Å². The second kappa shape index (κ2) is 7.65. The van der Waals surface area contributed by atoms with Crippen LogP contribution >= 0.6 is 0 Å². The summed E-state index contributed by atoms with van der Waals surface area (Å²) in [6.45, 7) is 6.27. The van der Waals surface area contributed by atoms with Crippen LogP contribution in [0.3, 0.4) is 0 Å². The molecule has 0 saturated carbocycles. The zero-order valence-electron chi connectivity index (χ0n) is 14.7. The fraction of sp³-hybridized carbons (Fsp3) is 0.500. The molecule has 1 aliphatic rings. The molecule has 0 aromatic carbocycles. The Labute approximate surface area is 146 Å². The molecule has 25 heavy (non-hydrogen) atoms. The molecule has 2 aromatic heterocycles. The zero-order valence-corrected chi connectivity index (χ0v) is 14.7. The molecule has 2 aromatic rings. The van der Waals surface area contributed by atoms with Gasteiger partial charge in [-0.3, -0.25) is 0 Å². The Hall–Kier alpha value is -2.41. The van der Waals surface area contributed by atoms with Crippen LogP contribution in [-0.2, 0) is 22.5 Å². The summed E-state index contributed by atoms with van der Waals surface area (Å²) in [4.78, 5) is 15.8. The second-order valence-corrected chi connectivity index (χ2v) is 6.10. The number of hydrogen-bond donors (Lipinski definition) is 2. The van der Waals surface area contributed by atoms with Gasteiger partial charge in [0.2, 0.25) is 0 Å². The van der Waals surface area contributed by atoms with Crippen LogP contribution in [0.4, 0.5) is 5.69 Å². The van der Waals surface area contributed by atoms with Gasteiger partial charge in [-0.25, -0.2) is 14.5 Å². The quantitative estimate of drug-likeness (QED) is 0.783. The molecule has 7 heteroatoms. The third-order valence-electron chi connectivity index (χ3n) is 4.50. The summed E-state index contributed by atoms with van der Waals surface area (Å²) in [6, 6.07) is 0.297. The molecule has 0 radical (unpaired) electrons. The van der Waals surface area contributed by atoms with Gasteiger partial charge in [0.25, 0.3) is 0 Å². The summed E-state index contributed by atoms with van der Waals surface area (Å²) in [5.74, 6) is -0.969. The van der Waals surface area contributed by atoms with Gasteiger partial charge < -0.3 is 15.2 Å². The molecule has 0 unspecified atom stereocenters. The lowest BCUT2D eigenvalue weighted by molar-refractivity contribution is -0.131. The first-order valence-corrected chi connectivity index (χ1v) is 8.77. The van der Waals surface area contributed by atoms with Crippen molar-refractivity contribution in [2.45, 2.75) is 45.7 Å². The van der Waals surface area contributed by atoms with E-state index in [1.807, 2.05) is 24.7 Å². The van der Waals surface area contributed by atoms with E-state index in [1.54, 1.807) is 6.08 Å². The van der Waals surface area contributed by atoms with Crippen LogP contribution in [0.15, 0.2) is 12.3 Å². The van der Waals surface area contributed by atoms with Gasteiger partial charge in [0, 0.05) is 37.4 Å². The van der Waals surface area contributed by atoms with Crippen molar-refractivity contribution < 1.29 is 14.6 Å². The minimum Gasteiger partial charge on any atom is -0.478 e. The van der Waals surface area contributed by atoms with Gasteiger partial charge in [0.1, 0.15) is 0 Å². The Morgan fingerprint density at radius 2 is 2.20 bits per heavy atom. The van der Waals surface area contributed by atoms with E-state index in [9.17, 15) is 4.79 Å². The number of hydrogen-bond acceptors (Lipinski definition) is 5. The van der Waals surface area contributed by atoms with E-state index in [2.05, 4.69) is 10.4 Å². The summed E-state index contributed by atoms with van der Waals surface area (Å²) < 4.78 is 7.31. The summed E-state index contributed by atoms with van der Waals surface area (Å²) in [5.41, 5.74) is 3.46. The van der Waals surface area contributed by atoms with Crippen molar-refractivity contribution in [1.29, 1.82) is 0 Å². The van der Waals surface area contributed by atoms with E-state index in [-0.39, 0.29) is 0 Å². The Kier molecular flexibility index (Phi) is 5.33. The molecule has 0 amide bonds. The SMILES string of the molecule is CCc1nc2c(cnn2CC)c(NC2CCOCC2)c1/C=C/C(=O)O. The third-order valence-corrected chi connectivity index (χ3v) is 4.50. The number of nitrogens with zero attached hydrogens (tertiary/aromatic N) is 3. The second-order valence-electron chi connectivity index (χ2n) is 6.10. The van der Waals surface area contributed by atoms with E-state index in [4.69, 9.17) is 14.8 Å². The Bertz CT molecular complexity index is 791. The average Bonchev–Trinajstić information content (AvgIpc) is 3.04. The number of carboxylic acid groups (broad SMARTS) is 1. The molecule has 3 rings (SSSR count). The van der Waals surface area contributed by atoms with E-state index < -0.39 is 5.97 Å². The monoisotopic (exact) mass is 344 g/mol. The number of carbonyl (C=O) groups is 1. The molecule has 134 valence electrons. The number of aliphatic carboxylic acids is 1. The maximum atomic E-state index is 11.0. The average molecular weight is 344 g/mol. The number of carboxylic acids is 1. The molecule has 2 N–H and O–H groups in total. The van der Waals surface area contributed by atoms with Gasteiger partial charge in [0.15, 0.2) is 5.65 Å². The Morgan fingerprint density at radius 1 is 1.44 bits per heavy atom. The van der Waals surface area contributed by atoms with Crippen molar-refractivity contribution in [1.82, 2.24) is 14.8 Å². The number of rotatable bonds is 6. The van der Waals surface area contributed by atoms with Crippen LogP contribution in [0.25, 0.3) is 17.1 Å². The fourth-order valence-electron chi connectivity index (χ4n) is 3.19. The fourth-order valence-corrected chi connectivity index (χ4v) is 3.19. The maximum absolute atomic E-state index is 11.0. The van der Waals surface area contributed by atoms with E-state index in [0.717, 1.165) is 60.6 Å². The normalized spacial score (nSPS) is 15.9. The zero-order chi connectivity index (χ0) is 17.8. The summed E-state index contributed by atoms with van der Waals surface area (Å²) >= 11 is 0. The summed E-state index contributed by atoms with van der Waals surface area (Å²) in [6.07, 6.45) is 7.18. The number of fused-ring (bicyclic) bond motifs is 1. The van der Waals surface area contributed by atoms with Crippen LogP contribution < -0.4 is 5.32 Å².